The number of aliphatic hydroxyl groups excluding tert-OH is 1. The zero-order chi connectivity index (χ0) is 38.2. The van der Waals surface area contributed by atoms with E-state index >= 15 is 0 Å². The second-order valence-corrected chi connectivity index (χ2v) is 17.5. The molecule has 2 atom stereocenters. The minimum atomic E-state index is -4.34. The van der Waals surface area contributed by atoms with Crippen LogP contribution in [-0.2, 0) is 14.9 Å². The number of rotatable bonds is 42. The number of amides is 1. The van der Waals surface area contributed by atoms with Gasteiger partial charge in [0.05, 0.1) is 17.9 Å². The maximum Gasteiger partial charge on any atom is 0.267 e. The van der Waals surface area contributed by atoms with Gasteiger partial charge in [0.15, 0.2) is 0 Å². The molecule has 1 amide bonds. The van der Waals surface area contributed by atoms with Gasteiger partial charge in [-0.15, -0.1) is 0 Å². The third kappa shape index (κ3) is 40.3. The van der Waals surface area contributed by atoms with Crippen LogP contribution in [-0.4, -0.2) is 41.9 Å². The molecule has 0 aliphatic rings. The fraction of sp³-hybridized carbons (Fsp3) is 0.933. The summed E-state index contributed by atoms with van der Waals surface area (Å²) in [5, 5.41) is 13.3. The number of nitrogens with one attached hydrogen (secondary N) is 1. The number of unbranched alkanes of at least 4 members (excludes halogenated alkanes) is 34. The Labute approximate surface area is 324 Å². The molecule has 2 unspecified atom stereocenters. The topological polar surface area (TPSA) is 104 Å². The van der Waals surface area contributed by atoms with Crippen molar-refractivity contribution in [2.75, 3.05) is 5.75 Å². The van der Waals surface area contributed by atoms with Crippen molar-refractivity contribution < 1.29 is 22.9 Å². The van der Waals surface area contributed by atoms with Gasteiger partial charge >= 0.3 is 0 Å². The van der Waals surface area contributed by atoms with Crippen LogP contribution < -0.4 is 5.32 Å². The van der Waals surface area contributed by atoms with Crippen molar-refractivity contribution in [1.82, 2.24) is 5.32 Å². The summed E-state index contributed by atoms with van der Waals surface area (Å²) in [6.07, 6.45) is 49.2. The predicted octanol–water partition coefficient (Wildman–Crippen LogP) is 13.7. The quantitative estimate of drug-likeness (QED) is 0.0327. The smallest absolute Gasteiger partial charge is 0.267 e. The molecule has 0 rings (SSSR count). The molecule has 0 aromatic heterocycles. The molecule has 0 spiro atoms. The molecular weight excluding hydrogens is 667 g/mol. The molecule has 7 heteroatoms. The molecule has 0 heterocycles. The number of hydrogen-bond acceptors (Lipinski definition) is 4. The largest absolute Gasteiger partial charge is 0.387 e. The van der Waals surface area contributed by atoms with E-state index in [0.717, 1.165) is 38.5 Å². The Hall–Kier alpha value is -0.920. The summed E-state index contributed by atoms with van der Waals surface area (Å²) < 4.78 is 32.6. The van der Waals surface area contributed by atoms with Crippen LogP contribution in [0, 0.1) is 0 Å². The summed E-state index contributed by atoms with van der Waals surface area (Å²) in [5.41, 5.74) is 0. The summed E-state index contributed by atoms with van der Waals surface area (Å²) >= 11 is 0. The van der Waals surface area contributed by atoms with Gasteiger partial charge in [0.1, 0.15) is 0 Å². The average molecular weight is 756 g/mol. The molecular formula is C45H89NO5S. The van der Waals surface area contributed by atoms with Crippen molar-refractivity contribution in [2.24, 2.45) is 0 Å². The van der Waals surface area contributed by atoms with Crippen LogP contribution in [0.5, 0.6) is 0 Å². The first-order valence-corrected chi connectivity index (χ1v) is 24.5. The molecule has 310 valence electrons. The summed E-state index contributed by atoms with van der Waals surface area (Å²) in [5.74, 6) is -0.964. The first-order valence-electron chi connectivity index (χ1n) is 22.9. The highest BCUT2D eigenvalue weighted by molar-refractivity contribution is 7.85. The maximum atomic E-state index is 12.5. The van der Waals surface area contributed by atoms with Crippen molar-refractivity contribution in [1.29, 1.82) is 0 Å². The fourth-order valence-corrected chi connectivity index (χ4v) is 8.01. The molecule has 0 saturated carbocycles. The molecule has 3 N–H and O–H groups in total. The zero-order valence-corrected chi connectivity index (χ0v) is 35.5. The lowest BCUT2D eigenvalue weighted by molar-refractivity contribution is -0.122. The number of allylic oxidation sites excluding steroid dienone is 1. The minimum absolute atomic E-state index is 0.272. The van der Waals surface area contributed by atoms with Gasteiger partial charge in [-0.25, -0.2) is 0 Å². The first kappa shape index (κ1) is 51.1. The second-order valence-electron chi connectivity index (χ2n) is 16.0. The molecule has 0 saturated heterocycles. The van der Waals surface area contributed by atoms with Crippen LogP contribution in [0.1, 0.15) is 251 Å². The Morgan fingerprint density at radius 1 is 0.500 bits per heavy atom. The maximum absolute atomic E-state index is 12.5. The molecule has 0 bridgehead atoms. The van der Waals surface area contributed by atoms with Gasteiger partial charge in [-0.2, -0.15) is 8.42 Å². The number of carbonyl (C=O) groups is 1. The van der Waals surface area contributed by atoms with E-state index in [1.807, 2.05) is 6.08 Å². The summed E-state index contributed by atoms with van der Waals surface area (Å²) in [4.78, 5) is 12.5. The van der Waals surface area contributed by atoms with Crippen LogP contribution in [0.2, 0.25) is 0 Å². The van der Waals surface area contributed by atoms with Crippen molar-refractivity contribution >= 4 is 16.0 Å². The monoisotopic (exact) mass is 756 g/mol. The molecule has 0 aromatic carbocycles. The highest BCUT2D eigenvalue weighted by Gasteiger charge is 2.24. The lowest BCUT2D eigenvalue weighted by Gasteiger charge is -2.21. The highest BCUT2D eigenvalue weighted by atomic mass is 32.2. The van der Waals surface area contributed by atoms with E-state index in [2.05, 4.69) is 19.2 Å². The van der Waals surface area contributed by atoms with E-state index in [4.69, 9.17) is 0 Å². The molecule has 0 aliphatic heterocycles. The van der Waals surface area contributed by atoms with Gasteiger partial charge in [0.2, 0.25) is 5.91 Å². The lowest BCUT2D eigenvalue weighted by Crippen LogP contribution is -2.46. The van der Waals surface area contributed by atoms with Crippen LogP contribution in [0.25, 0.3) is 0 Å². The van der Waals surface area contributed by atoms with Crippen molar-refractivity contribution in [2.45, 2.75) is 264 Å². The average Bonchev–Trinajstić information content (AvgIpc) is 3.11. The number of aliphatic hydroxyl groups is 1. The van der Waals surface area contributed by atoms with Crippen molar-refractivity contribution in [3.05, 3.63) is 12.2 Å². The van der Waals surface area contributed by atoms with Gasteiger partial charge in [-0.05, 0) is 19.3 Å². The van der Waals surface area contributed by atoms with Gasteiger partial charge < -0.3 is 10.4 Å². The van der Waals surface area contributed by atoms with Crippen molar-refractivity contribution in [3.8, 4) is 0 Å². The standard InChI is InChI=1S/C45H89NO5S/c1-3-5-7-9-11-13-15-17-19-21-23-24-26-28-30-32-34-36-38-40-44(47)43(42-52(49,50)51)46-45(48)41-39-37-35-33-31-29-27-25-22-20-18-16-14-12-10-8-6-4-2/h38,40,43-44,47H,3-37,39,41-42H2,1-2H3,(H,46,48)(H,49,50,51)/b40-38+. The summed E-state index contributed by atoms with van der Waals surface area (Å²) in [6, 6.07) is -1.05. The second kappa shape index (κ2) is 39.8. The van der Waals surface area contributed by atoms with Crippen molar-refractivity contribution in [3.63, 3.8) is 0 Å². The number of hydrogen-bond donors (Lipinski definition) is 3. The fourth-order valence-electron chi connectivity index (χ4n) is 7.28. The van der Waals surface area contributed by atoms with E-state index in [0.29, 0.717) is 6.42 Å². The highest BCUT2D eigenvalue weighted by Crippen LogP contribution is 2.16. The van der Waals surface area contributed by atoms with E-state index in [1.165, 1.54) is 193 Å². The Balaban J connectivity index is 3.82. The molecule has 52 heavy (non-hydrogen) atoms. The Bertz CT molecular complexity index is 877. The van der Waals surface area contributed by atoms with E-state index in [-0.39, 0.29) is 5.91 Å². The Morgan fingerprint density at radius 2 is 0.788 bits per heavy atom. The summed E-state index contributed by atoms with van der Waals surface area (Å²) in [7, 11) is -4.34. The Morgan fingerprint density at radius 3 is 1.10 bits per heavy atom. The lowest BCUT2D eigenvalue weighted by atomic mass is 10.0. The van der Waals surface area contributed by atoms with Gasteiger partial charge in [0, 0.05) is 6.42 Å². The van der Waals surface area contributed by atoms with Crippen LogP contribution in [0.3, 0.4) is 0 Å². The third-order valence-corrected chi connectivity index (χ3v) is 11.5. The molecule has 0 aliphatic carbocycles. The van der Waals surface area contributed by atoms with E-state index < -0.39 is 28.0 Å². The molecule has 0 fully saturated rings. The van der Waals surface area contributed by atoms with Gasteiger partial charge in [-0.3, -0.25) is 9.35 Å². The first-order chi connectivity index (χ1) is 25.3. The van der Waals surface area contributed by atoms with E-state index in [1.54, 1.807) is 6.08 Å². The Kier molecular flexibility index (Phi) is 39.1. The molecule has 0 aromatic rings. The molecule has 0 radical (unpaired) electrons. The molecule has 6 nitrogen and oxygen atoms in total. The SMILES string of the molecule is CCCCCCCCCCCCCCCCCCC/C=C/C(O)C(CS(=O)(=O)O)NC(=O)CCCCCCCCCCCCCCCCCCCC. The normalized spacial score (nSPS) is 13.2. The van der Waals surface area contributed by atoms with E-state index in [9.17, 15) is 22.9 Å². The number of carbonyl (C=O) groups excluding carboxylic acids is 1. The van der Waals surface area contributed by atoms with Crippen LogP contribution in [0.4, 0.5) is 0 Å². The van der Waals surface area contributed by atoms with Crippen LogP contribution in [0.15, 0.2) is 12.2 Å². The predicted molar refractivity (Wildman–Crippen MR) is 226 cm³/mol. The minimum Gasteiger partial charge on any atom is -0.387 e. The van der Waals surface area contributed by atoms with Gasteiger partial charge in [-0.1, -0.05) is 238 Å². The van der Waals surface area contributed by atoms with Crippen LogP contribution >= 0.6 is 0 Å². The van der Waals surface area contributed by atoms with Gasteiger partial charge in [0.25, 0.3) is 10.1 Å². The third-order valence-electron chi connectivity index (χ3n) is 10.7. The summed E-state index contributed by atoms with van der Waals surface area (Å²) in [6.45, 7) is 4.55. The zero-order valence-electron chi connectivity index (χ0n) is 34.7.